The zero-order valence-corrected chi connectivity index (χ0v) is 11.7. The number of hydrogen-bond acceptors (Lipinski definition) is 2. The van der Waals surface area contributed by atoms with Crippen LogP contribution in [-0.4, -0.2) is 18.0 Å². The van der Waals surface area contributed by atoms with Crippen molar-refractivity contribution < 1.29 is 0 Å². The van der Waals surface area contributed by atoms with E-state index in [2.05, 4.69) is 36.1 Å². The number of benzene rings is 1. The Morgan fingerprint density at radius 1 is 1.11 bits per heavy atom. The first kappa shape index (κ1) is 13.1. The van der Waals surface area contributed by atoms with Gasteiger partial charge in [0, 0.05) is 12.1 Å². The first-order valence-electron chi connectivity index (χ1n) is 7.68. The second-order valence-corrected chi connectivity index (χ2v) is 6.08. The number of nitrogens with zero attached hydrogens (tertiary/aromatic N) is 1. The van der Waals surface area contributed by atoms with E-state index >= 15 is 0 Å². The first-order valence-corrected chi connectivity index (χ1v) is 7.68. The highest BCUT2D eigenvalue weighted by Gasteiger charge is 2.29. The van der Waals surface area contributed by atoms with Gasteiger partial charge in [0.05, 0.1) is 0 Å². The Morgan fingerprint density at radius 2 is 1.68 bits per heavy atom. The molecule has 1 radical (unpaired) electrons. The van der Waals surface area contributed by atoms with Gasteiger partial charge in [0.25, 0.3) is 0 Å². The normalized spacial score (nSPS) is 23.5. The molecule has 0 spiro atoms. The van der Waals surface area contributed by atoms with Crippen molar-refractivity contribution in [3.63, 3.8) is 0 Å². The van der Waals surface area contributed by atoms with Gasteiger partial charge in [-0.2, -0.15) is 0 Å². The molecule has 1 aromatic carbocycles. The van der Waals surface area contributed by atoms with E-state index in [1.807, 2.05) is 0 Å². The minimum absolute atomic E-state index is 0.249. The minimum atomic E-state index is 0.249. The Balaban J connectivity index is 1.72. The first-order chi connectivity index (χ1) is 9.29. The van der Waals surface area contributed by atoms with E-state index in [0.717, 1.165) is 12.3 Å². The molecule has 0 bridgehead atoms. The average Bonchev–Trinajstić information content (AvgIpc) is 3.17. The lowest BCUT2D eigenvalue weighted by Gasteiger charge is -2.27. The molecule has 1 aliphatic carbocycles. The van der Waals surface area contributed by atoms with E-state index in [1.54, 1.807) is 0 Å². The van der Waals surface area contributed by atoms with Gasteiger partial charge >= 0.3 is 0 Å². The van der Waals surface area contributed by atoms with Crippen LogP contribution in [0.2, 0.25) is 0 Å². The summed E-state index contributed by atoms with van der Waals surface area (Å²) < 4.78 is 0. The summed E-state index contributed by atoms with van der Waals surface area (Å²) in [5.74, 6) is 0.730. The second-order valence-electron chi connectivity index (χ2n) is 6.08. The van der Waals surface area contributed by atoms with Crippen LogP contribution < -0.4 is 5.73 Å². The van der Waals surface area contributed by atoms with E-state index < -0.39 is 0 Å². The SMILES string of the molecule is [CH2]C[C@@H](c1ccc([C@@H](N)C2CC2)cc1)N1CCCC1. The molecule has 1 aliphatic heterocycles. The maximum Gasteiger partial charge on any atom is 0.0348 e. The van der Waals surface area contributed by atoms with Crippen LogP contribution in [0.4, 0.5) is 0 Å². The van der Waals surface area contributed by atoms with Crippen LogP contribution in [-0.2, 0) is 0 Å². The highest BCUT2D eigenvalue weighted by Crippen LogP contribution is 2.39. The number of rotatable bonds is 5. The van der Waals surface area contributed by atoms with Crippen molar-refractivity contribution in [3.05, 3.63) is 42.3 Å². The van der Waals surface area contributed by atoms with Gasteiger partial charge in [-0.15, -0.1) is 0 Å². The second kappa shape index (κ2) is 5.64. The summed E-state index contributed by atoms with van der Waals surface area (Å²) in [6.07, 6.45) is 6.23. The summed E-state index contributed by atoms with van der Waals surface area (Å²) >= 11 is 0. The van der Waals surface area contributed by atoms with Crippen LogP contribution in [0.5, 0.6) is 0 Å². The summed E-state index contributed by atoms with van der Waals surface area (Å²) in [6, 6.07) is 9.75. The van der Waals surface area contributed by atoms with E-state index in [9.17, 15) is 0 Å². The zero-order valence-electron chi connectivity index (χ0n) is 11.7. The van der Waals surface area contributed by atoms with Crippen molar-refractivity contribution in [2.45, 2.75) is 44.2 Å². The lowest BCUT2D eigenvalue weighted by atomic mass is 9.97. The Labute approximate surface area is 117 Å². The van der Waals surface area contributed by atoms with Crippen LogP contribution in [0.1, 0.15) is 55.3 Å². The number of hydrogen-bond donors (Lipinski definition) is 1. The van der Waals surface area contributed by atoms with Gasteiger partial charge in [0.1, 0.15) is 0 Å². The Bertz CT molecular complexity index is 402. The fraction of sp³-hybridized carbons (Fsp3) is 0.588. The third-order valence-electron chi connectivity index (χ3n) is 4.69. The molecule has 3 rings (SSSR count). The molecule has 2 aliphatic rings. The van der Waals surface area contributed by atoms with Gasteiger partial charge < -0.3 is 5.73 Å². The maximum atomic E-state index is 6.26. The van der Waals surface area contributed by atoms with Gasteiger partial charge in [0.15, 0.2) is 0 Å². The quantitative estimate of drug-likeness (QED) is 0.875. The highest BCUT2D eigenvalue weighted by atomic mass is 15.2. The molecular formula is C17H25N2. The van der Waals surface area contributed by atoms with E-state index in [4.69, 9.17) is 5.73 Å². The summed E-state index contributed by atoms with van der Waals surface area (Å²) in [6.45, 7) is 6.59. The lowest BCUT2D eigenvalue weighted by Crippen LogP contribution is -2.25. The molecule has 2 atom stereocenters. The molecular weight excluding hydrogens is 232 g/mol. The number of nitrogens with two attached hydrogens (primary N) is 1. The predicted molar refractivity (Wildman–Crippen MR) is 79.6 cm³/mol. The van der Waals surface area contributed by atoms with Gasteiger partial charge in [-0.3, -0.25) is 4.90 Å². The summed E-state index contributed by atoms with van der Waals surface area (Å²) in [4.78, 5) is 2.57. The third-order valence-corrected chi connectivity index (χ3v) is 4.69. The molecule has 1 saturated carbocycles. The number of likely N-dealkylation sites (tertiary alicyclic amines) is 1. The Kier molecular flexibility index (Phi) is 3.90. The Morgan fingerprint density at radius 3 is 2.21 bits per heavy atom. The minimum Gasteiger partial charge on any atom is -0.324 e. The summed E-state index contributed by atoms with van der Waals surface area (Å²) in [7, 11) is 0. The molecule has 0 unspecified atom stereocenters. The fourth-order valence-corrected chi connectivity index (χ4v) is 3.28. The van der Waals surface area contributed by atoms with Crippen molar-refractivity contribution in [1.29, 1.82) is 0 Å². The molecule has 2 heteroatoms. The zero-order chi connectivity index (χ0) is 13.2. The highest BCUT2D eigenvalue weighted by molar-refractivity contribution is 5.28. The van der Waals surface area contributed by atoms with Crippen molar-refractivity contribution >= 4 is 0 Å². The fourth-order valence-electron chi connectivity index (χ4n) is 3.28. The molecule has 0 amide bonds. The molecule has 103 valence electrons. The van der Waals surface area contributed by atoms with Crippen LogP contribution in [0, 0.1) is 12.8 Å². The monoisotopic (exact) mass is 257 g/mol. The molecule has 2 N–H and O–H groups in total. The summed E-state index contributed by atoms with van der Waals surface area (Å²) in [5, 5.41) is 0. The topological polar surface area (TPSA) is 29.3 Å². The van der Waals surface area contributed by atoms with Gasteiger partial charge in [-0.25, -0.2) is 0 Å². The van der Waals surface area contributed by atoms with E-state index in [1.165, 1.54) is 49.9 Å². The average molecular weight is 257 g/mol. The largest absolute Gasteiger partial charge is 0.324 e. The van der Waals surface area contributed by atoms with Crippen molar-refractivity contribution in [1.82, 2.24) is 4.90 Å². The molecule has 0 aromatic heterocycles. The molecule has 2 fully saturated rings. The van der Waals surface area contributed by atoms with Crippen molar-refractivity contribution in [3.8, 4) is 0 Å². The van der Waals surface area contributed by atoms with Gasteiger partial charge in [-0.05, 0) is 62.2 Å². The van der Waals surface area contributed by atoms with Crippen LogP contribution in [0.3, 0.4) is 0 Å². The van der Waals surface area contributed by atoms with Crippen LogP contribution >= 0.6 is 0 Å². The molecule has 1 heterocycles. The van der Waals surface area contributed by atoms with Crippen LogP contribution in [0.25, 0.3) is 0 Å². The van der Waals surface area contributed by atoms with Crippen molar-refractivity contribution in [2.24, 2.45) is 11.7 Å². The lowest BCUT2D eigenvalue weighted by molar-refractivity contribution is 0.246. The smallest absolute Gasteiger partial charge is 0.0348 e. The molecule has 2 nitrogen and oxygen atoms in total. The Hall–Kier alpha value is -0.860. The van der Waals surface area contributed by atoms with E-state index in [0.29, 0.717) is 6.04 Å². The summed E-state index contributed by atoms with van der Waals surface area (Å²) in [5.41, 5.74) is 8.97. The molecule has 1 aromatic rings. The van der Waals surface area contributed by atoms with Crippen molar-refractivity contribution in [2.75, 3.05) is 13.1 Å². The van der Waals surface area contributed by atoms with Gasteiger partial charge in [0.2, 0.25) is 0 Å². The maximum absolute atomic E-state index is 6.26. The predicted octanol–water partition coefficient (Wildman–Crippen LogP) is 3.46. The van der Waals surface area contributed by atoms with E-state index in [-0.39, 0.29) is 6.04 Å². The van der Waals surface area contributed by atoms with Gasteiger partial charge in [-0.1, -0.05) is 31.2 Å². The molecule has 1 saturated heterocycles. The van der Waals surface area contributed by atoms with Crippen LogP contribution in [0.15, 0.2) is 24.3 Å². The standard InChI is InChI=1S/C17H25N2/c1-2-16(19-11-3-4-12-19)13-5-7-14(8-6-13)17(18)15-9-10-15/h5-8,15-17H,1-4,9-12,18H2/t16-,17+/m0/s1. The molecule has 19 heavy (non-hydrogen) atoms. The third kappa shape index (κ3) is 2.85.